The number of fused-ring (bicyclic) bond motifs is 3. The van der Waals surface area contributed by atoms with E-state index < -0.39 is 6.17 Å². The minimum atomic E-state index is -0.896. The molecule has 2 unspecified atom stereocenters. The topological polar surface area (TPSA) is 70.3 Å². The van der Waals surface area contributed by atoms with Gasteiger partial charge in [0.05, 0.1) is 29.4 Å². The number of aromatic hydroxyl groups is 1. The van der Waals surface area contributed by atoms with Gasteiger partial charge in [0.2, 0.25) is 0 Å². The zero-order chi connectivity index (χ0) is 21.7. The Balaban J connectivity index is 1.37. The average molecular weight is 423 g/mol. The summed E-state index contributed by atoms with van der Waals surface area (Å²) in [4.78, 5) is 8.30. The van der Waals surface area contributed by atoms with E-state index in [0.29, 0.717) is 23.0 Å². The number of imidazole rings is 1. The molecule has 1 aromatic carbocycles. The van der Waals surface area contributed by atoms with Gasteiger partial charge in [0.15, 0.2) is 5.82 Å². The van der Waals surface area contributed by atoms with Crippen LogP contribution in [0.3, 0.4) is 0 Å². The largest absolute Gasteiger partial charge is 0.507 e. The van der Waals surface area contributed by atoms with Crippen LogP contribution in [-0.2, 0) is 0 Å². The van der Waals surface area contributed by atoms with E-state index in [4.69, 9.17) is 0 Å². The average Bonchev–Trinajstić information content (AvgIpc) is 3.20. The number of rotatable bonds is 4. The highest BCUT2D eigenvalue weighted by Gasteiger charge is 2.48. The van der Waals surface area contributed by atoms with E-state index >= 15 is 4.39 Å². The molecule has 4 heterocycles. The molecule has 4 atom stereocenters. The number of aryl methyl sites for hydroxylation is 1. The number of benzene rings is 1. The Morgan fingerprint density at radius 1 is 1.16 bits per heavy atom. The first-order chi connectivity index (χ1) is 14.9. The molecule has 1 N–H and O–H groups in total. The number of halogens is 1. The van der Waals surface area contributed by atoms with Crippen molar-refractivity contribution in [2.75, 3.05) is 25.5 Å². The Labute approximate surface area is 181 Å². The fraction of sp³-hybridized carbons (Fsp3) is 0.435. The standard InChI is InChI=1S/C23H27FN6O/c1-14-11-30(13-25-14)16-5-6-17(20(31)10-16)18-7-9-21(27-26-18)29(3)23-15-4-8-19(22(23)24)28(2)12-15/h5-7,9-11,13,15,19,22-23,31H,4,8,12H2,1-3H3/t15?,19?,22-,23-/m0/s1. The molecule has 8 heteroatoms. The van der Waals surface area contributed by atoms with Gasteiger partial charge >= 0.3 is 0 Å². The number of hydrogen-bond acceptors (Lipinski definition) is 6. The molecule has 162 valence electrons. The maximum absolute atomic E-state index is 15.1. The van der Waals surface area contributed by atoms with Crippen LogP contribution in [0.25, 0.3) is 16.9 Å². The molecule has 0 amide bonds. The van der Waals surface area contributed by atoms with Crippen LogP contribution in [-0.4, -0.2) is 68.7 Å². The van der Waals surface area contributed by atoms with E-state index in [1.54, 1.807) is 12.4 Å². The van der Waals surface area contributed by atoms with E-state index in [-0.39, 0.29) is 17.8 Å². The molecule has 3 fully saturated rings. The van der Waals surface area contributed by atoms with Gasteiger partial charge in [-0.1, -0.05) is 0 Å². The number of hydrogen-bond donors (Lipinski definition) is 1. The van der Waals surface area contributed by atoms with E-state index in [1.165, 1.54) is 0 Å². The zero-order valence-electron chi connectivity index (χ0n) is 18.0. The Hall–Kier alpha value is -3.00. The number of aromatic nitrogens is 4. The molecule has 7 nitrogen and oxygen atoms in total. The van der Waals surface area contributed by atoms with Gasteiger partial charge < -0.3 is 19.5 Å². The predicted octanol–water partition coefficient (Wildman–Crippen LogP) is 3.21. The summed E-state index contributed by atoms with van der Waals surface area (Å²) >= 11 is 0. The van der Waals surface area contributed by atoms with E-state index in [9.17, 15) is 5.11 Å². The van der Waals surface area contributed by atoms with Crippen LogP contribution in [0.2, 0.25) is 0 Å². The zero-order valence-corrected chi connectivity index (χ0v) is 18.0. The van der Waals surface area contributed by atoms with E-state index in [2.05, 4.69) is 20.1 Å². The van der Waals surface area contributed by atoms with Crippen molar-refractivity contribution in [3.05, 3.63) is 48.5 Å². The summed E-state index contributed by atoms with van der Waals surface area (Å²) in [5.41, 5.74) is 2.90. The summed E-state index contributed by atoms with van der Waals surface area (Å²) in [6, 6.07) is 8.90. The lowest BCUT2D eigenvalue weighted by Gasteiger charge is -2.52. The van der Waals surface area contributed by atoms with Crippen molar-refractivity contribution >= 4 is 5.82 Å². The van der Waals surface area contributed by atoms with Crippen LogP contribution in [0.5, 0.6) is 5.75 Å². The normalized spacial score (nSPS) is 25.7. The summed E-state index contributed by atoms with van der Waals surface area (Å²) in [6.07, 6.45) is 4.68. The number of phenolic OH excluding ortho intramolecular Hbond substituents is 1. The highest BCUT2D eigenvalue weighted by atomic mass is 19.1. The van der Waals surface area contributed by atoms with Crippen LogP contribution in [0.1, 0.15) is 18.5 Å². The molecule has 3 aromatic rings. The minimum Gasteiger partial charge on any atom is -0.507 e. The van der Waals surface area contributed by atoms with Gasteiger partial charge in [0.25, 0.3) is 0 Å². The minimum absolute atomic E-state index is 0.0144. The third-order valence-electron chi connectivity index (χ3n) is 6.82. The van der Waals surface area contributed by atoms with Crippen molar-refractivity contribution in [2.24, 2.45) is 5.92 Å². The monoisotopic (exact) mass is 422 g/mol. The van der Waals surface area contributed by atoms with Crippen molar-refractivity contribution in [2.45, 2.75) is 38.0 Å². The first kappa shape index (κ1) is 19.9. The summed E-state index contributed by atoms with van der Waals surface area (Å²) in [5, 5.41) is 19.3. The van der Waals surface area contributed by atoms with Crippen molar-refractivity contribution < 1.29 is 9.50 Å². The van der Waals surface area contributed by atoms with Crippen LogP contribution < -0.4 is 4.90 Å². The molecule has 2 saturated heterocycles. The molecular formula is C23H27FN6O. The SMILES string of the molecule is Cc1cn(-c2ccc(-c3ccc(N(C)[C@H]4C5CCC([C@@H]4F)N(C)C5)nn3)c(O)c2)cn1. The third-order valence-corrected chi connectivity index (χ3v) is 6.82. The molecule has 1 aliphatic carbocycles. The molecule has 3 aliphatic rings. The van der Waals surface area contributed by atoms with Gasteiger partial charge in [-0.25, -0.2) is 9.37 Å². The molecule has 1 saturated carbocycles. The van der Waals surface area contributed by atoms with Crippen molar-refractivity contribution in [1.82, 2.24) is 24.6 Å². The molecule has 31 heavy (non-hydrogen) atoms. The lowest BCUT2D eigenvalue weighted by Crippen LogP contribution is -2.64. The van der Waals surface area contributed by atoms with Gasteiger partial charge in [-0.3, -0.25) is 0 Å². The maximum Gasteiger partial charge on any atom is 0.151 e. The lowest BCUT2D eigenvalue weighted by molar-refractivity contribution is -0.0177. The van der Waals surface area contributed by atoms with Crippen LogP contribution in [0, 0.1) is 12.8 Å². The van der Waals surface area contributed by atoms with Gasteiger partial charge in [-0.2, -0.15) is 0 Å². The maximum atomic E-state index is 15.1. The molecule has 0 radical (unpaired) electrons. The number of alkyl halides is 1. The summed E-state index contributed by atoms with van der Waals surface area (Å²) in [5.74, 6) is 1.06. The van der Waals surface area contributed by atoms with Crippen LogP contribution in [0.4, 0.5) is 10.2 Å². The number of nitrogens with zero attached hydrogens (tertiary/aromatic N) is 6. The predicted molar refractivity (Wildman–Crippen MR) is 117 cm³/mol. The highest BCUT2D eigenvalue weighted by molar-refractivity contribution is 5.69. The second-order valence-electron chi connectivity index (χ2n) is 8.79. The molecule has 0 spiro atoms. The van der Waals surface area contributed by atoms with Crippen molar-refractivity contribution in [3.63, 3.8) is 0 Å². The first-order valence-electron chi connectivity index (χ1n) is 10.7. The quantitative estimate of drug-likeness (QED) is 0.696. The summed E-state index contributed by atoms with van der Waals surface area (Å²) < 4.78 is 17.0. The molecular weight excluding hydrogens is 395 g/mol. The van der Waals surface area contributed by atoms with Crippen molar-refractivity contribution in [3.8, 4) is 22.7 Å². The number of phenols is 1. The van der Waals surface area contributed by atoms with Crippen molar-refractivity contribution in [1.29, 1.82) is 0 Å². The molecule has 2 aliphatic heterocycles. The molecule has 2 bridgehead atoms. The van der Waals surface area contributed by atoms with Gasteiger partial charge in [0.1, 0.15) is 11.9 Å². The fourth-order valence-electron chi connectivity index (χ4n) is 5.17. The second kappa shape index (κ2) is 7.60. The second-order valence-corrected chi connectivity index (χ2v) is 8.79. The molecule has 6 rings (SSSR count). The van der Waals surface area contributed by atoms with E-state index in [1.807, 2.05) is 60.9 Å². The van der Waals surface area contributed by atoms with Gasteiger partial charge in [0, 0.05) is 37.5 Å². The summed E-state index contributed by atoms with van der Waals surface area (Å²) in [7, 11) is 3.92. The fourth-order valence-corrected chi connectivity index (χ4v) is 5.17. The Kier molecular flexibility index (Phi) is 4.89. The molecule has 2 aromatic heterocycles. The summed E-state index contributed by atoms with van der Waals surface area (Å²) in [6.45, 7) is 2.84. The van der Waals surface area contributed by atoms with Gasteiger partial charge in [-0.05, 0) is 57.0 Å². The smallest absolute Gasteiger partial charge is 0.151 e. The highest BCUT2D eigenvalue weighted by Crippen LogP contribution is 2.40. The first-order valence-corrected chi connectivity index (χ1v) is 10.7. The lowest BCUT2D eigenvalue weighted by atomic mass is 9.74. The van der Waals surface area contributed by atoms with Gasteiger partial charge in [-0.15, -0.1) is 10.2 Å². The van der Waals surface area contributed by atoms with E-state index in [0.717, 1.165) is 30.8 Å². The Morgan fingerprint density at radius 3 is 2.61 bits per heavy atom. The number of anilines is 1. The van der Waals surface area contributed by atoms with Crippen LogP contribution in [0.15, 0.2) is 42.9 Å². The Morgan fingerprint density at radius 2 is 2.00 bits per heavy atom. The Bertz CT molecular complexity index is 1080. The third kappa shape index (κ3) is 3.44. The number of piperidine rings is 2. The van der Waals surface area contributed by atoms with Crippen LogP contribution >= 0.6 is 0 Å².